The molecule has 0 saturated heterocycles. The zero-order chi connectivity index (χ0) is 23.4. The van der Waals surface area contributed by atoms with E-state index in [-0.39, 0.29) is 11.8 Å². The fourth-order valence-corrected chi connectivity index (χ4v) is 4.08. The van der Waals surface area contributed by atoms with Crippen LogP contribution in [-0.4, -0.2) is 45.3 Å². The van der Waals surface area contributed by atoms with Gasteiger partial charge in [-0.1, -0.05) is 44.2 Å². The lowest BCUT2D eigenvalue weighted by Gasteiger charge is -2.17. The number of anilines is 1. The second-order valence-electron chi connectivity index (χ2n) is 7.59. The lowest BCUT2D eigenvalue weighted by atomic mass is 10.0. The van der Waals surface area contributed by atoms with Gasteiger partial charge >= 0.3 is 0 Å². The quantitative estimate of drug-likeness (QED) is 0.414. The number of nitrogens with one attached hydrogen (secondary N) is 1. The Morgan fingerprint density at radius 3 is 2.48 bits per heavy atom. The number of rotatable bonds is 8. The lowest BCUT2D eigenvalue weighted by Crippen LogP contribution is -2.31. The fourth-order valence-electron chi connectivity index (χ4n) is 3.36. The minimum absolute atomic E-state index is 0.0619. The van der Waals surface area contributed by atoms with Crippen molar-refractivity contribution in [2.45, 2.75) is 19.9 Å². The molecule has 1 unspecified atom stereocenters. The normalized spacial score (nSPS) is 11.9. The summed E-state index contributed by atoms with van der Waals surface area (Å²) in [5.74, 6) is 1.40. The zero-order valence-electron chi connectivity index (χ0n) is 18.7. The molecular weight excluding hydrogens is 440 g/mol. The Morgan fingerprint density at radius 1 is 1.03 bits per heavy atom. The summed E-state index contributed by atoms with van der Waals surface area (Å²) in [4.78, 5) is 19.1. The first-order valence-corrected chi connectivity index (χ1v) is 11.2. The highest BCUT2D eigenvalue weighted by atomic mass is 32.1. The molecule has 170 valence electrons. The van der Waals surface area contributed by atoms with Gasteiger partial charge in [0.2, 0.25) is 5.82 Å². The molecule has 2 aromatic carbocycles. The number of carbonyl (C=O) groups excluding carboxylic acids is 1. The Labute approximate surface area is 195 Å². The van der Waals surface area contributed by atoms with Gasteiger partial charge in [-0.2, -0.15) is 4.80 Å². The van der Waals surface area contributed by atoms with Crippen molar-refractivity contribution in [2.75, 3.05) is 19.5 Å². The number of nitrogens with zero attached hydrogens (tertiary/aromatic N) is 5. The first-order chi connectivity index (χ1) is 16.0. The van der Waals surface area contributed by atoms with E-state index in [0.717, 1.165) is 16.8 Å². The van der Waals surface area contributed by atoms with E-state index < -0.39 is 6.04 Å². The van der Waals surface area contributed by atoms with Crippen molar-refractivity contribution in [1.82, 2.24) is 25.2 Å². The van der Waals surface area contributed by atoms with Crippen molar-refractivity contribution < 1.29 is 14.3 Å². The highest BCUT2D eigenvalue weighted by Gasteiger charge is 2.28. The maximum absolute atomic E-state index is 13.1. The van der Waals surface area contributed by atoms with Crippen molar-refractivity contribution >= 4 is 22.4 Å². The lowest BCUT2D eigenvalue weighted by molar-refractivity contribution is -0.121. The van der Waals surface area contributed by atoms with E-state index >= 15 is 0 Å². The third kappa shape index (κ3) is 4.85. The first-order valence-electron chi connectivity index (χ1n) is 10.3. The number of hydrogen-bond donors (Lipinski definition) is 1. The first kappa shape index (κ1) is 22.4. The van der Waals surface area contributed by atoms with Crippen LogP contribution in [0.4, 0.5) is 5.13 Å². The summed E-state index contributed by atoms with van der Waals surface area (Å²) in [7, 11) is 3.17. The molecule has 4 rings (SSSR count). The Hall–Kier alpha value is -3.79. The molecule has 33 heavy (non-hydrogen) atoms. The summed E-state index contributed by atoms with van der Waals surface area (Å²) in [5.41, 5.74) is 2.42. The predicted octanol–water partition coefficient (Wildman–Crippen LogP) is 4.32. The Kier molecular flexibility index (Phi) is 6.64. The third-order valence-electron chi connectivity index (χ3n) is 5.02. The SMILES string of the molecule is COc1ccc(-c2csc(NC(=O)C(C(C)C)n3nnc(-c4ccccc4)n3)n2)cc1OC. The van der Waals surface area contributed by atoms with Crippen molar-refractivity contribution in [3.8, 4) is 34.1 Å². The fraction of sp³-hybridized carbons (Fsp3) is 0.261. The molecule has 0 aliphatic rings. The van der Waals surface area contributed by atoms with Crippen molar-refractivity contribution in [1.29, 1.82) is 0 Å². The van der Waals surface area contributed by atoms with Crippen LogP contribution in [0.3, 0.4) is 0 Å². The number of tetrazole rings is 1. The highest BCUT2D eigenvalue weighted by Crippen LogP contribution is 2.33. The number of thiazole rings is 1. The summed E-state index contributed by atoms with van der Waals surface area (Å²) in [6.07, 6.45) is 0. The van der Waals surface area contributed by atoms with Crippen LogP contribution in [0.15, 0.2) is 53.9 Å². The van der Waals surface area contributed by atoms with E-state index in [9.17, 15) is 4.79 Å². The van der Waals surface area contributed by atoms with E-state index in [1.807, 2.05) is 67.8 Å². The number of amides is 1. The van der Waals surface area contributed by atoms with Crippen molar-refractivity contribution in [3.63, 3.8) is 0 Å². The van der Waals surface area contributed by atoms with E-state index in [1.54, 1.807) is 14.2 Å². The summed E-state index contributed by atoms with van der Waals surface area (Å²) in [5, 5.41) is 18.0. The summed E-state index contributed by atoms with van der Waals surface area (Å²) < 4.78 is 10.7. The van der Waals surface area contributed by atoms with Crippen LogP contribution in [0.2, 0.25) is 0 Å². The molecule has 0 bridgehead atoms. The molecule has 0 aliphatic heterocycles. The largest absolute Gasteiger partial charge is 0.493 e. The number of ether oxygens (including phenoxy) is 2. The maximum Gasteiger partial charge on any atom is 0.253 e. The number of aromatic nitrogens is 5. The van der Waals surface area contributed by atoms with Gasteiger partial charge in [0.1, 0.15) is 0 Å². The van der Waals surface area contributed by atoms with Gasteiger partial charge in [-0.05, 0) is 29.3 Å². The predicted molar refractivity (Wildman–Crippen MR) is 126 cm³/mol. The molecule has 0 spiro atoms. The maximum atomic E-state index is 13.1. The molecule has 9 nitrogen and oxygen atoms in total. The monoisotopic (exact) mass is 464 g/mol. The molecule has 0 aliphatic carbocycles. The summed E-state index contributed by atoms with van der Waals surface area (Å²) >= 11 is 1.34. The standard InChI is InChI=1S/C23H24N6O3S/c1-14(2)20(29-27-21(26-28-29)15-8-6-5-7-9-15)22(30)25-23-24-17(13-33-23)16-10-11-18(31-3)19(12-16)32-4/h5-14,20H,1-4H3,(H,24,25,30). The molecule has 0 fully saturated rings. The number of benzene rings is 2. The van der Waals surface area contributed by atoms with Gasteiger partial charge in [0.05, 0.1) is 19.9 Å². The molecule has 1 atom stereocenters. The van der Waals surface area contributed by atoms with Gasteiger partial charge in [0, 0.05) is 16.5 Å². The Balaban J connectivity index is 1.52. The van der Waals surface area contributed by atoms with Gasteiger partial charge in [-0.15, -0.1) is 21.5 Å². The van der Waals surface area contributed by atoms with Gasteiger partial charge in [0.15, 0.2) is 22.7 Å². The average Bonchev–Trinajstić information content (AvgIpc) is 3.49. The van der Waals surface area contributed by atoms with Gasteiger partial charge in [0.25, 0.3) is 5.91 Å². The van der Waals surface area contributed by atoms with Crippen molar-refractivity contribution in [2.24, 2.45) is 5.92 Å². The molecule has 2 heterocycles. The minimum Gasteiger partial charge on any atom is -0.493 e. The molecule has 2 aromatic heterocycles. The van der Waals surface area contributed by atoms with Crippen LogP contribution in [0.25, 0.3) is 22.6 Å². The van der Waals surface area contributed by atoms with Crippen LogP contribution >= 0.6 is 11.3 Å². The van der Waals surface area contributed by atoms with E-state index in [0.29, 0.717) is 22.5 Å². The Morgan fingerprint density at radius 2 is 1.79 bits per heavy atom. The van der Waals surface area contributed by atoms with E-state index in [1.165, 1.54) is 16.1 Å². The molecule has 1 amide bonds. The molecule has 1 N–H and O–H groups in total. The highest BCUT2D eigenvalue weighted by molar-refractivity contribution is 7.14. The average molecular weight is 465 g/mol. The van der Waals surface area contributed by atoms with Crippen LogP contribution in [0.5, 0.6) is 11.5 Å². The molecular formula is C23H24N6O3S. The van der Waals surface area contributed by atoms with E-state index in [4.69, 9.17) is 9.47 Å². The topological polar surface area (TPSA) is 104 Å². The Bertz CT molecular complexity index is 1240. The summed E-state index contributed by atoms with van der Waals surface area (Å²) in [6, 6.07) is 14.5. The van der Waals surface area contributed by atoms with Gasteiger partial charge in [-0.25, -0.2) is 4.98 Å². The van der Waals surface area contributed by atoms with Crippen molar-refractivity contribution in [3.05, 3.63) is 53.9 Å². The van der Waals surface area contributed by atoms with Gasteiger partial charge < -0.3 is 14.8 Å². The van der Waals surface area contributed by atoms with Crippen LogP contribution in [0, 0.1) is 5.92 Å². The van der Waals surface area contributed by atoms with Crippen LogP contribution in [-0.2, 0) is 4.79 Å². The second-order valence-corrected chi connectivity index (χ2v) is 8.44. The molecule has 0 radical (unpaired) electrons. The molecule has 10 heteroatoms. The van der Waals surface area contributed by atoms with E-state index in [2.05, 4.69) is 25.7 Å². The second kappa shape index (κ2) is 9.78. The van der Waals surface area contributed by atoms with Gasteiger partial charge in [-0.3, -0.25) is 4.79 Å². The minimum atomic E-state index is -0.636. The number of hydrogen-bond acceptors (Lipinski definition) is 8. The smallest absolute Gasteiger partial charge is 0.253 e. The number of methoxy groups -OCH3 is 2. The molecule has 4 aromatic rings. The van der Waals surface area contributed by atoms with Crippen LogP contribution in [0.1, 0.15) is 19.9 Å². The van der Waals surface area contributed by atoms with Crippen LogP contribution < -0.4 is 14.8 Å². The third-order valence-corrected chi connectivity index (χ3v) is 5.78. The number of carbonyl (C=O) groups is 1. The molecule has 0 saturated carbocycles. The summed E-state index contributed by atoms with van der Waals surface area (Å²) in [6.45, 7) is 3.87. The zero-order valence-corrected chi connectivity index (χ0v) is 19.5.